The fourth-order valence-corrected chi connectivity index (χ4v) is 5.35. The van der Waals surface area contributed by atoms with Crippen LogP contribution in [0.5, 0.6) is 11.5 Å². The minimum atomic E-state index is -0.0729. The quantitative estimate of drug-likeness (QED) is 0.151. The van der Waals surface area contributed by atoms with Crippen molar-refractivity contribution in [3.63, 3.8) is 0 Å². The van der Waals surface area contributed by atoms with Gasteiger partial charge < -0.3 is 9.47 Å². The second kappa shape index (κ2) is 13.7. The molecule has 0 N–H and O–H groups in total. The molecule has 2 fully saturated rings. The molecule has 0 aliphatic heterocycles. The molecule has 0 spiro atoms. The van der Waals surface area contributed by atoms with E-state index in [-0.39, 0.29) is 11.9 Å². The summed E-state index contributed by atoms with van der Waals surface area (Å²) in [6.07, 6.45) is 21.0. The van der Waals surface area contributed by atoms with Gasteiger partial charge in [-0.15, -0.1) is 0 Å². The van der Waals surface area contributed by atoms with Crippen LogP contribution in [-0.2, 0) is 4.79 Å². The Kier molecular flexibility index (Phi) is 10.6. The van der Waals surface area contributed by atoms with Crippen molar-refractivity contribution >= 4 is 5.97 Å². The first kappa shape index (κ1) is 24.9. The number of carbonyl (C=O) groups excluding carboxylic acids is 1. The smallest absolute Gasteiger partial charge is 0.314 e. The zero-order chi connectivity index (χ0) is 22.6. The molecule has 2 saturated carbocycles. The minimum absolute atomic E-state index is 0.0604. The predicted molar refractivity (Wildman–Crippen MR) is 132 cm³/mol. The minimum Gasteiger partial charge on any atom is -0.490 e. The van der Waals surface area contributed by atoms with Crippen LogP contribution >= 0.6 is 0 Å². The number of benzene rings is 1. The molecule has 0 atom stereocenters. The van der Waals surface area contributed by atoms with E-state index < -0.39 is 0 Å². The molecule has 178 valence electrons. The van der Waals surface area contributed by atoms with Gasteiger partial charge in [-0.05, 0) is 93.4 Å². The van der Waals surface area contributed by atoms with Crippen LogP contribution < -0.4 is 9.47 Å². The maximum atomic E-state index is 12.4. The summed E-state index contributed by atoms with van der Waals surface area (Å²) in [6, 6.07) is 7.47. The summed E-state index contributed by atoms with van der Waals surface area (Å²) in [4.78, 5) is 12.4. The van der Waals surface area contributed by atoms with Gasteiger partial charge >= 0.3 is 5.97 Å². The van der Waals surface area contributed by atoms with Gasteiger partial charge in [0.15, 0.2) is 0 Å². The summed E-state index contributed by atoms with van der Waals surface area (Å²) in [5.41, 5.74) is 0. The van der Waals surface area contributed by atoms with Crippen molar-refractivity contribution in [3.05, 3.63) is 36.4 Å². The highest BCUT2D eigenvalue weighted by molar-refractivity contribution is 5.75. The fraction of sp³-hybridized carbons (Fsp3) is 0.690. The van der Waals surface area contributed by atoms with Crippen LogP contribution in [0.3, 0.4) is 0 Å². The molecule has 3 heteroatoms. The highest BCUT2D eigenvalue weighted by Crippen LogP contribution is 2.33. The summed E-state index contributed by atoms with van der Waals surface area (Å²) in [5.74, 6) is 3.89. The number of hydrogen-bond donors (Lipinski definition) is 0. The number of carbonyl (C=O) groups is 1. The highest BCUT2D eigenvalue weighted by atomic mass is 16.5. The van der Waals surface area contributed by atoms with Crippen LogP contribution in [0.4, 0.5) is 0 Å². The first-order valence-electron chi connectivity index (χ1n) is 13.3. The number of unbranched alkanes of at least 4 members (excludes halogenated alkanes) is 2. The molecular formula is C29H44O3. The van der Waals surface area contributed by atoms with Crippen molar-refractivity contribution in [1.29, 1.82) is 0 Å². The van der Waals surface area contributed by atoms with Crippen molar-refractivity contribution < 1.29 is 14.3 Å². The third-order valence-corrected chi connectivity index (χ3v) is 7.66. The van der Waals surface area contributed by atoms with Crippen molar-refractivity contribution in [2.75, 3.05) is 6.61 Å². The molecule has 0 saturated heterocycles. The SMILES string of the molecule is CCCCC[C@H]1CC[C@H](/C=C/COc2ccc(OC(=O)[C@H]3CC[C@H](CC)CC3)cc2)CC1. The van der Waals surface area contributed by atoms with Crippen LogP contribution in [0.1, 0.15) is 97.3 Å². The van der Waals surface area contributed by atoms with E-state index in [9.17, 15) is 4.79 Å². The van der Waals surface area contributed by atoms with E-state index in [1.54, 1.807) is 0 Å². The normalized spacial score (nSPS) is 26.2. The van der Waals surface area contributed by atoms with Crippen molar-refractivity contribution in [2.24, 2.45) is 23.7 Å². The third kappa shape index (κ3) is 8.30. The van der Waals surface area contributed by atoms with Crippen LogP contribution in [-0.4, -0.2) is 12.6 Å². The van der Waals surface area contributed by atoms with Crippen LogP contribution in [0.15, 0.2) is 36.4 Å². The van der Waals surface area contributed by atoms with E-state index in [0.29, 0.717) is 12.4 Å². The van der Waals surface area contributed by atoms with Gasteiger partial charge in [-0.2, -0.15) is 0 Å². The monoisotopic (exact) mass is 440 g/mol. The summed E-state index contributed by atoms with van der Waals surface area (Å²) in [6.45, 7) is 5.12. The molecule has 0 bridgehead atoms. The van der Waals surface area contributed by atoms with Crippen LogP contribution in [0, 0.1) is 23.7 Å². The average Bonchev–Trinajstić information content (AvgIpc) is 2.84. The molecule has 2 aliphatic carbocycles. The zero-order valence-corrected chi connectivity index (χ0v) is 20.4. The lowest BCUT2D eigenvalue weighted by atomic mass is 9.79. The van der Waals surface area contributed by atoms with Gasteiger partial charge in [-0.25, -0.2) is 0 Å². The molecule has 0 aromatic heterocycles. The first-order valence-corrected chi connectivity index (χ1v) is 13.3. The number of hydrogen-bond acceptors (Lipinski definition) is 3. The Labute approximate surface area is 196 Å². The van der Waals surface area contributed by atoms with E-state index in [0.717, 1.165) is 49.2 Å². The third-order valence-electron chi connectivity index (χ3n) is 7.66. The number of ether oxygens (including phenoxy) is 2. The average molecular weight is 441 g/mol. The molecule has 1 aromatic rings. The second-order valence-corrected chi connectivity index (χ2v) is 10.0. The molecule has 0 unspecified atom stereocenters. The summed E-state index contributed by atoms with van der Waals surface area (Å²) in [7, 11) is 0. The summed E-state index contributed by atoms with van der Waals surface area (Å²) < 4.78 is 11.5. The molecule has 3 rings (SSSR count). The Balaban J connectivity index is 1.32. The summed E-state index contributed by atoms with van der Waals surface area (Å²) in [5, 5.41) is 0. The van der Waals surface area contributed by atoms with Crippen LogP contribution in [0.25, 0.3) is 0 Å². The number of esters is 1. The van der Waals surface area contributed by atoms with Crippen LogP contribution in [0.2, 0.25) is 0 Å². The molecule has 1 aromatic carbocycles. The predicted octanol–water partition coefficient (Wildman–Crippen LogP) is 8.13. The lowest BCUT2D eigenvalue weighted by Crippen LogP contribution is -2.25. The first-order chi connectivity index (χ1) is 15.7. The van der Waals surface area contributed by atoms with Gasteiger partial charge in [-0.1, -0.05) is 58.1 Å². The van der Waals surface area contributed by atoms with Crippen molar-refractivity contribution in [1.82, 2.24) is 0 Å². The van der Waals surface area contributed by atoms with Crippen molar-refractivity contribution in [2.45, 2.75) is 97.3 Å². The molecular weight excluding hydrogens is 396 g/mol. The van der Waals surface area contributed by atoms with Gasteiger partial charge in [0.1, 0.15) is 18.1 Å². The zero-order valence-electron chi connectivity index (χ0n) is 20.4. The second-order valence-electron chi connectivity index (χ2n) is 10.0. The molecule has 0 heterocycles. The van der Waals surface area contributed by atoms with Gasteiger partial charge in [0, 0.05) is 0 Å². The van der Waals surface area contributed by atoms with Gasteiger partial charge in [0.05, 0.1) is 5.92 Å². The Morgan fingerprint density at radius 2 is 1.53 bits per heavy atom. The Morgan fingerprint density at radius 1 is 0.875 bits per heavy atom. The van der Waals surface area contributed by atoms with Gasteiger partial charge in [0.25, 0.3) is 0 Å². The molecule has 0 amide bonds. The molecule has 0 radical (unpaired) electrons. The Bertz CT molecular complexity index is 677. The Hall–Kier alpha value is -1.77. The largest absolute Gasteiger partial charge is 0.490 e. The van der Waals surface area contributed by atoms with Crippen molar-refractivity contribution in [3.8, 4) is 11.5 Å². The standard InChI is InChI=1S/C29H44O3/c1-3-5-6-8-24-10-12-25(13-11-24)9-7-22-31-27-18-20-28(21-19-27)32-29(30)26-16-14-23(4-2)15-17-26/h7,9,18-21,23-26H,3-6,8,10-17,22H2,1-2H3/b9-7+/t23-,24-,25-,26-. The maximum Gasteiger partial charge on any atom is 0.314 e. The van der Waals surface area contributed by atoms with E-state index in [1.807, 2.05) is 24.3 Å². The van der Waals surface area contributed by atoms with E-state index in [1.165, 1.54) is 57.8 Å². The number of allylic oxidation sites excluding steroid dienone is 1. The fourth-order valence-electron chi connectivity index (χ4n) is 5.35. The molecule has 32 heavy (non-hydrogen) atoms. The topological polar surface area (TPSA) is 35.5 Å². The lowest BCUT2D eigenvalue weighted by molar-refractivity contribution is -0.140. The highest BCUT2D eigenvalue weighted by Gasteiger charge is 2.27. The summed E-state index contributed by atoms with van der Waals surface area (Å²) >= 11 is 0. The molecule has 2 aliphatic rings. The molecule has 3 nitrogen and oxygen atoms in total. The lowest BCUT2D eigenvalue weighted by Gasteiger charge is -2.26. The number of rotatable bonds is 11. The maximum absolute atomic E-state index is 12.4. The van der Waals surface area contributed by atoms with E-state index >= 15 is 0 Å². The van der Waals surface area contributed by atoms with Gasteiger partial charge in [-0.3, -0.25) is 4.79 Å². The van der Waals surface area contributed by atoms with E-state index in [4.69, 9.17) is 9.47 Å². The van der Waals surface area contributed by atoms with E-state index in [2.05, 4.69) is 26.0 Å². The van der Waals surface area contributed by atoms with Gasteiger partial charge in [0.2, 0.25) is 0 Å². The Morgan fingerprint density at radius 3 is 2.19 bits per heavy atom.